The lowest BCUT2D eigenvalue weighted by molar-refractivity contribution is 0.316. The Balaban J connectivity index is 2.02. The molecular weight excluding hydrogens is 222 g/mol. The van der Waals surface area contributed by atoms with Crippen molar-refractivity contribution in [2.75, 3.05) is 13.2 Å². The van der Waals surface area contributed by atoms with E-state index in [9.17, 15) is 0 Å². The highest BCUT2D eigenvalue weighted by Crippen LogP contribution is 2.38. The lowest BCUT2D eigenvalue weighted by atomic mass is 10.0. The van der Waals surface area contributed by atoms with Crippen LogP contribution in [-0.4, -0.2) is 13.2 Å². The Labute approximate surface area is 111 Å². The molecule has 0 amide bonds. The van der Waals surface area contributed by atoms with Crippen LogP contribution in [0.4, 0.5) is 0 Å². The Morgan fingerprint density at radius 3 is 2.83 bits per heavy atom. The normalized spacial score (nSPS) is 16.6. The highest BCUT2D eigenvalue weighted by Gasteiger charge is 2.25. The SMILES string of the molecule is CCCOc1cccc(C(CC2CC2)NCC)c1. The van der Waals surface area contributed by atoms with Crippen molar-refractivity contribution < 1.29 is 4.74 Å². The van der Waals surface area contributed by atoms with Gasteiger partial charge in [0.25, 0.3) is 0 Å². The second kappa shape index (κ2) is 6.79. The third-order valence-corrected chi connectivity index (χ3v) is 3.45. The molecule has 2 nitrogen and oxygen atoms in total. The van der Waals surface area contributed by atoms with Gasteiger partial charge in [0.05, 0.1) is 6.61 Å². The fourth-order valence-corrected chi connectivity index (χ4v) is 2.31. The van der Waals surface area contributed by atoms with Gasteiger partial charge in [0, 0.05) is 6.04 Å². The lowest BCUT2D eigenvalue weighted by Gasteiger charge is -2.19. The van der Waals surface area contributed by atoms with Crippen molar-refractivity contribution in [2.24, 2.45) is 5.92 Å². The molecule has 2 rings (SSSR count). The van der Waals surface area contributed by atoms with Gasteiger partial charge in [-0.15, -0.1) is 0 Å². The molecule has 0 radical (unpaired) electrons. The lowest BCUT2D eigenvalue weighted by Crippen LogP contribution is -2.21. The Hall–Kier alpha value is -1.02. The van der Waals surface area contributed by atoms with Gasteiger partial charge in [0.2, 0.25) is 0 Å². The maximum Gasteiger partial charge on any atom is 0.119 e. The predicted octanol–water partition coefficient (Wildman–Crippen LogP) is 3.93. The van der Waals surface area contributed by atoms with E-state index in [1.807, 2.05) is 0 Å². The van der Waals surface area contributed by atoms with E-state index in [0.29, 0.717) is 6.04 Å². The summed E-state index contributed by atoms with van der Waals surface area (Å²) in [7, 11) is 0. The second-order valence-corrected chi connectivity index (χ2v) is 5.21. The molecule has 0 spiro atoms. The van der Waals surface area contributed by atoms with Crippen LogP contribution in [0.5, 0.6) is 5.75 Å². The van der Waals surface area contributed by atoms with Gasteiger partial charge in [-0.3, -0.25) is 0 Å². The minimum absolute atomic E-state index is 0.493. The number of ether oxygens (including phenoxy) is 1. The topological polar surface area (TPSA) is 21.3 Å². The summed E-state index contributed by atoms with van der Waals surface area (Å²) in [5, 5.41) is 3.60. The summed E-state index contributed by atoms with van der Waals surface area (Å²) in [5.74, 6) is 1.95. The molecule has 1 fully saturated rings. The zero-order valence-corrected chi connectivity index (χ0v) is 11.6. The van der Waals surface area contributed by atoms with Crippen LogP contribution in [0.15, 0.2) is 24.3 Å². The van der Waals surface area contributed by atoms with Gasteiger partial charge in [-0.1, -0.05) is 38.8 Å². The summed E-state index contributed by atoms with van der Waals surface area (Å²) in [4.78, 5) is 0. The van der Waals surface area contributed by atoms with Crippen molar-refractivity contribution in [1.82, 2.24) is 5.32 Å². The summed E-state index contributed by atoms with van der Waals surface area (Å²) in [6.45, 7) is 6.14. The highest BCUT2D eigenvalue weighted by molar-refractivity contribution is 5.30. The number of rotatable bonds is 8. The number of benzene rings is 1. The molecule has 1 aromatic carbocycles. The molecule has 1 aliphatic carbocycles. The van der Waals surface area contributed by atoms with Crippen LogP contribution in [0.2, 0.25) is 0 Å². The summed E-state index contributed by atoms with van der Waals surface area (Å²) in [6, 6.07) is 9.07. The third kappa shape index (κ3) is 4.02. The van der Waals surface area contributed by atoms with Gasteiger partial charge in [0.1, 0.15) is 5.75 Å². The van der Waals surface area contributed by atoms with E-state index in [-0.39, 0.29) is 0 Å². The fraction of sp³-hybridized carbons (Fsp3) is 0.625. The highest BCUT2D eigenvalue weighted by atomic mass is 16.5. The molecule has 2 heteroatoms. The zero-order chi connectivity index (χ0) is 12.8. The van der Waals surface area contributed by atoms with Crippen LogP contribution in [0, 0.1) is 5.92 Å². The molecule has 0 bridgehead atoms. The summed E-state index contributed by atoms with van der Waals surface area (Å²) in [6.07, 6.45) is 5.15. The average molecular weight is 247 g/mol. The molecule has 1 saturated carbocycles. The van der Waals surface area contributed by atoms with E-state index < -0.39 is 0 Å². The average Bonchev–Trinajstić information content (AvgIpc) is 3.20. The van der Waals surface area contributed by atoms with Crippen molar-refractivity contribution in [2.45, 2.75) is 45.6 Å². The van der Waals surface area contributed by atoms with E-state index in [2.05, 4.69) is 43.4 Å². The summed E-state index contributed by atoms with van der Waals surface area (Å²) < 4.78 is 5.72. The fourth-order valence-electron chi connectivity index (χ4n) is 2.31. The maximum atomic E-state index is 5.72. The van der Waals surface area contributed by atoms with E-state index >= 15 is 0 Å². The van der Waals surface area contributed by atoms with Crippen molar-refractivity contribution in [3.05, 3.63) is 29.8 Å². The molecule has 0 aliphatic heterocycles. The Morgan fingerprint density at radius 1 is 1.33 bits per heavy atom. The monoisotopic (exact) mass is 247 g/mol. The largest absolute Gasteiger partial charge is 0.494 e. The molecule has 0 heterocycles. The molecule has 0 saturated heterocycles. The minimum Gasteiger partial charge on any atom is -0.494 e. The molecule has 1 aliphatic rings. The number of hydrogen-bond acceptors (Lipinski definition) is 2. The Bertz CT molecular complexity index is 360. The first kappa shape index (κ1) is 13.4. The van der Waals surface area contributed by atoms with Gasteiger partial charge in [-0.2, -0.15) is 0 Å². The standard InChI is InChI=1S/C16H25NO/c1-3-10-18-15-7-5-6-14(12-15)16(17-4-2)11-13-8-9-13/h5-7,12-13,16-17H,3-4,8-11H2,1-2H3. The second-order valence-electron chi connectivity index (χ2n) is 5.21. The van der Waals surface area contributed by atoms with Crippen LogP contribution < -0.4 is 10.1 Å². The van der Waals surface area contributed by atoms with Crippen LogP contribution in [-0.2, 0) is 0 Å². The van der Waals surface area contributed by atoms with Gasteiger partial charge < -0.3 is 10.1 Å². The molecule has 1 unspecified atom stereocenters. The van der Waals surface area contributed by atoms with Crippen LogP contribution in [0.1, 0.15) is 51.1 Å². The molecule has 1 atom stereocenters. The molecular formula is C16H25NO. The molecule has 0 aromatic heterocycles. The van der Waals surface area contributed by atoms with E-state index in [4.69, 9.17) is 4.74 Å². The molecule has 18 heavy (non-hydrogen) atoms. The maximum absolute atomic E-state index is 5.72. The Kier molecular flexibility index (Phi) is 5.06. The molecule has 100 valence electrons. The van der Waals surface area contributed by atoms with Crippen molar-refractivity contribution in [1.29, 1.82) is 0 Å². The third-order valence-electron chi connectivity index (χ3n) is 3.45. The molecule has 1 N–H and O–H groups in total. The summed E-state index contributed by atoms with van der Waals surface area (Å²) in [5.41, 5.74) is 1.37. The van der Waals surface area contributed by atoms with Gasteiger partial charge in [0.15, 0.2) is 0 Å². The number of hydrogen-bond donors (Lipinski definition) is 1. The van der Waals surface area contributed by atoms with Gasteiger partial charge in [-0.05, 0) is 43.0 Å². The predicted molar refractivity (Wildman–Crippen MR) is 76.0 cm³/mol. The first-order valence-electron chi connectivity index (χ1n) is 7.29. The smallest absolute Gasteiger partial charge is 0.119 e. The summed E-state index contributed by atoms with van der Waals surface area (Å²) >= 11 is 0. The number of nitrogens with one attached hydrogen (secondary N) is 1. The van der Waals surface area contributed by atoms with Crippen molar-refractivity contribution >= 4 is 0 Å². The first-order valence-corrected chi connectivity index (χ1v) is 7.29. The van der Waals surface area contributed by atoms with Crippen LogP contribution in [0.3, 0.4) is 0 Å². The van der Waals surface area contributed by atoms with Crippen LogP contribution in [0.25, 0.3) is 0 Å². The van der Waals surface area contributed by atoms with E-state index in [0.717, 1.165) is 31.2 Å². The van der Waals surface area contributed by atoms with E-state index in [1.54, 1.807) is 0 Å². The van der Waals surface area contributed by atoms with Crippen molar-refractivity contribution in [3.63, 3.8) is 0 Å². The zero-order valence-electron chi connectivity index (χ0n) is 11.6. The first-order chi connectivity index (χ1) is 8.83. The van der Waals surface area contributed by atoms with E-state index in [1.165, 1.54) is 24.8 Å². The van der Waals surface area contributed by atoms with Crippen LogP contribution >= 0.6 is 0 Å². The molecule has 1 aromatic rings. The Morgan fingerprint density at radius 2 is 2.17 bits per heavy atom. The van der Waals surface area contributed by atoms with Gasteiger partial charge >= 0.3 is 0 Å². The van der Waals surface area contributed by atoms with Gasteiger partial charge in [-0.25, -0.2) is 0 Å². The minimum atomic E-state index is 0.493. The quantitative estimate of drug-likeness (QED) is 0.751. The van der Waals surface area contributed by atoms with Crippen molar-refractivity contribution in [3.8, 4) is 5.75 Å².